The number of hydrogen-bond donors (Lipinski definition) is 1. The van der Waals surface area contributed by atoms with Crippen LogP contribution in [-0.4, -0.2) is 35.7 Å². The Morgan fingerprint density at radius 3 is 2.37 bits per heavy atom. The number of rotatable bonds is 8. The topological polar surface area (TPSA) is 32.7 Å². The molecule has 1 aromatic rings. The van der Waals surface area contributed by atoms with Gasteiger partial charge in [0.15, 0.2) is 0 Å². The minimum Gasteiger partial charge on any atom is -0.491 e. The van der Waals surface area contributed by atoms with Gasteiger partial charge < -0.3 is 14.7 Å². The Morgan fingerprint density at radius 1 is 1.16 bits per heavy atom. The van der Waals surface area contributed by atoms with Gasteiger partial charge in [0.25, 0.3) is 0 Å². The highest BCUT2D eigenvalue weighted by atomic mass is 16.5. The van der Waals surface area contributed by atoms with Crippen molar-refractivity contribution in [3.05, 3.63) is 29.8 Å². The summed E-state index contributed by atoms with van der Waals surface area (Å²) in [6.45, 7) is 11.2. The minimum absolute atomic E-state index is 0.121. The van der Waals surface area contributed by atoms with Gasteiger partial charge in [0.05, 0.1) is 12.2 Å². The lowest BCUT2D eigenvalue weighted by atomic mass is 10.1. The first-order valence-electron chi connectivity index (χ1n) is 7.24. The van der Waals surface area contributed by atoms with Gasteiger partial charge in [-0.15, -0.1) is 0 Å². The molecule has 1 N–H and O–H groups in total. The van der Waals surface area contributed by atoms with E-state index in [2.05, 4.69) is 18.7 Å². The molecular weight excluding hydrogens is 238 g/mol. The van der Waals surface area contributed by atoms with E-state index in [-0.39, 0.29) is 6.10 Å². The summed E-state index contributed by atoms with van der Waals surface area (Å²) < 4.78 is 5.75. The lowest BCUT2D eigenvalue weighted by Gasteiger charge is -2.22. The quantitative estimate of drug-likeness (QED) is 0.783. The lowest BCUT2D eigenvalue weighted by molar-refractivity contribution is 0.138. The van der Waals surface area contributed by atoms with Crippen LogP contribution in [-0.2, 0) is 0 Å². The highest BCUT2D eigenvalue weighted by molar-refractivity contribution is 5.35. The van der Waals surface area contributed by atoms with Crippen LogP contribution >= 0.6 is 0 Å². The molecule has 0 aliphatic rings. The number of benzene rings is 1. The van der Waals surface area contributed by atoms with Crippen molar-refractivity contribution in [3.8, 4) is 5.75 Å². The smallest absolute Gasteiger partial charge is 0.125 e. The van der Waals surface area contributed by atoms with Crippen LogP contribution in [0, 0.1) is 0 Å². The summed E-state index contributed by atoms with van der Waals surface area (Å²) in [7, 11) is 0. The second kappa shape index (κ2) is 8.18. The minimum atomic E-state index is -0.462. The standard InChI is InChI=1S/C16H27NO2/c1-5-17(6-2)12-11-15(18)14-9-7-8-10-16(14)19-13(3)4/h7-10,13,15,18H,5-6,11-12H2,1-4H3. The largest absolute Gasteiger partial charge is 0.491 e. The second-order valence-electron chi connectivity index (χ2n) is 5.04. The van der Waals surface area contributed by atoms with Crippen LogP contribution in [0.1, 0.15) is 45.8 Å². The average Bonchev–Trinajstić information content (AvgIpc) is 2.39. The van der Waals surface area contributed by atoms with Crippen LogP contribution in [0.2, 0.25) is 0 Å². The molecule has 0 spiro atoms. The van der Waals surface area contributed by atoms with Crippen LogP contribution in [0.5, 0.6) is 5.75 Å². The Kier molecular flexibility index (Phi) is 6.89. The zero-order valence-electron chi connectivity index (χ0n) is 12.6. The molecule has 1 unspecified atom stereocenters. The lowest BCUT2D eigenvalue weighted by Crippen LogP contribution is -2.25. The monoisotopic (exact) mass is 265 g/mol. The van der Waals surface area contributed by atoms with Crippen LogP contribution < -0.4 is 4.74 Å². The van der Waals surface area contributed by atoms with E-state index >= 15 is 0 Å². The number of aliphatic hydroxyl groups is 1. The summed E-state index contributed by atoms with van der Waals surface area (Å²) in [5.41, 5.74) is 0.892. The van der Waals surface area contributed by atoms with E-state index in [1.165, 1.54) is 0 Å². The number of nitrogens with zero attached hydrogens (tertiary/aromatic N) is 1. The molecule has 0 bridgehead atoms. The molecule has 0 aliphatic carbocycles. The number of ether oxygens (including phenoxy) is 1. The molecule has 19 heavy (non-hydrogen) atoms. The molecule has 0 aliphatic heterocycles. The summed E-state index contributed by atoms with van der Waals surface area (Å²) in [5, 5.41) is 10.3. The summed E-state index contributed by atoms with van der Waals surface area (Å²) in [5.74, 6) is 0.796. The van der Waals surface area contributed by atoms with Gasteiger partial charge in [-0.25, -0.2) is 0 Å². The zero-order chi connectivity index (χ0) is 14.3. The van der Waals surface area contributed by atoms with Crippen molar-refractivity contribution >= 4 is 0 Å². The van der Waals surface area contributed by atoms with Crippen LogP contribution in [0.3, 0.4) is 0 Å². The summed E-state index contributed by atoms with van der Waals surface area (Å²) >= 11 is 0. The Bertz CT molecular complexity index is 362. The number of para-hydroxylation sites is 1. The Labute approximate surface area is 117 Å². The summed E-state index contributed by atoms with van der Waals surface area (Å²) in [6, 6.07) is 7.77. The second-order valence-corrected chi connectivity index (χ2v) is 5.04. The van der Waals surface area contributed by atoms with Crippen molar-refractivity contribution < 1.29 is 9.84 Å². The van der Waals surface area contributed by atoms with Gasteiger partial charge in [-0.2, -0.15) is 0 Å². The van der Waals surface area contributed by atoms with E-state index in [4.69, 9.17) is 4.74 Å². The maximum absolute atomic E-state index is 10.3. The highest BCUT2D eigenvalue weighted by Gasteiger charge is 2.14. The molecule has 0 heterocycles. The van der Waals surface area contributed by atoms with Crippen LogP contribution in [0.4, 0.5) is 0 Å². The summed E-state index contributed by atoms with van der Waals surface area (Å²) in [6.07, 6.45) is 0.395. The van der Waals surface area contributed by atoms with Gasteiger partial charge >= 0.3 is 0 Å². The Balaban J connectivity index is 2.67. The van der Waals surface area contributed by atoms with Crippen LogP contribution in [0.25, 0.3) is 0 Å². The zero-order valence-corrected chi connectivity index (χ0v) is 12.6. The van der Waals surface area contributed by atoms with Crippen molar-refractivity contribution in [1.82, 2.24) is 4.90 Å². The third-order valence-corrected chi connectivity index (χ3v) is 3.25. The molecule has 0 radical (unpaired) electrons. The van der Waals surface area contributed by atoms with Crippen molar-refractivity contribution in [2.75, 3.05) is 19.6 Å². The molecule has 1 aromatic carbocycles. The maximum atomic E-state index is 10.3. The predicted molar refractivity (Wildman–Crippen MR) is 79.6 cm³/mol. The molecule has 1 atom stereocenters. The van der Waals surface area contributed by atoms with Gasteiger partial charge in [0.1, 0.15) is 5.75 Å². The van der Waals surface area contributed by atoms with E-state index in [9.17, 15) is 5.11 Å². The third-order valence-electron chi connectivity index (χ3n) is 3.25. The predicted octanol–water partition coefficient (Wildman–Crippen LogP) is 3.24. The fourth-order valence-corrected chi connectivity index (χ4v) is 2.12. The SMILES string of the molecule is CCN(CC)CCC(O)c1ccccc1OC(C)C. The normalized spacial score (nSPS) is 13.0. The summed E-state index contributed by atoms with van der Waals surface area (Å²) in [4.78, 5) is 2.31. The molecule has 3 nitrogen and oxygen atoms in total. The van der Waals surface area contributed by atoms with E-state index in [0.29, 0.717) is 0 Å². The molecule has 108 valence electrons. The molecular formula is C16H27NO2. The molecule has 0 saturated carbocycles. The molecule has 3 heteroatoms. The first kappa shape index (κ1) is 16.0. The van der Waals surface area contributed by atoms with Gasteiger partial charge in [-0.3, -0.25) is 0 Å². The van der Waals surface area contributed by atoms with Crippen molar-refractivity contribution in [3.63, 3.8) is 0 Å². The van der Waals surface area contributed by atoms with E-state index in [0.717, 1.165) is 37.4 Å². The molecule has 0 amide bonds. The van der Waals surface area contributed by atoms with E-state index < -0.39 is 6.10 Å². The molecule has 0 aromatic heterocycles. The average molecular weight is 265 g/mol. The van der Waals surface area contributed by atoms with Gasteiger partial charge in [-0.1, -0.05) is 32.0 Å². The van der Waals surface area contributed by atoms with Gasteiger partial charge in [-0.05, 0) is 39.4 Å². The van der Waals surface area contributed by atoms with Crippen molar-refractivity contribution in [1.29, 1.82) is 0 Å². The first-order chi connectivity index (χ1) is 9.08. The van der Waals surface area contributed by atoms with E-state index in [1.54, 1.807) is 0 Å². The first-order valence-corrected chi connectivity index (χ1v) is 7.24. The molecule has 1 rings (SSSR count). The third kappa shape index (κ3) is 5.21. The van der Waals surface area contributed by atoms with Crippen molar-refractivity contribution in [2.45, 2.75) is 46.3 Å². The van der Waals surface area contributed by atoms with E-state index in [1.807, 2.05) is 38.1 Å². The maximum Gasteiger partial charge on any atom is 0.125 e. The Morgan fingerprint density at radius 2 is 1.79 bits per heavy atom. The molecule has 0 saturated heterocycles. The fourth-order valence-electron chi connectivity index (χ4n) is 2.12. The van der Waals surface area contributed by atoms with Gasteiger partial charge in [0, 0.05) is 12.1 Å². The fraction of sp³-hybridized carbons (Fsp3) is 0.625. The molecule has 0 fully saturated rings. The van der Waals surface area contributed by atoms with Gasteiger partial charge in [0.2, 0.25) is 0 Å². The van der Waals surface area contributed by atoms with Crippen LogP contribution in [0.15, 0.2) is 24.3 Å². The number of hydrogen-bond acceptors (Lipinski definition) is 3. The van der Waals surface area contributed by atoms with Crippen molar-refractivity contribution in [2.24, 2.45) is 0 Å². The Hall–Kier alpha value is -1.06. The number of aliphatic hydroxyl groups excluding tert-OH is 1. The highest BCUT2D eigenvalue weighted by Crippen LogP contribution is 2.28.